The van der Waals surface area contributed by atoms with Gasteiger partial charge in [0.15, 0.2) is 0 Å². The first-order chi connectivity index (χ1) is 11.2. The molecule has 2 heteroatoms. The molecule has 0 aliphatic rings. The summed E-state index contributed by atoms with van der Waals surface area (Å²) < 4.78 is 5.86. The van der Waals surface area contributed by atoms with Crippen molar-refractivity contribution in [1.82, 2.24) is 0 Å². The molecule has 0 heterocycles. The molecule has 118 valence electrons. The van der Waals surface area contributed by atoms with Crippen molar-refractivity contribution in [3.05, 3.63) is 72.3 Å². The van der Waals surface area contributed by atoms with E-state index >= 15 is 0 Å². The Kier molecular flexibility index (Phi) is 4.82. The Morgan fingerprint density at radius 1 is 0.870 bits per heavy atom. The Morgan fingerprint density at radius 3 is 2.48 bits per heavy atom. The molecule has 0 radical (unpaired) electrons. The Bertz CT molecular complexity index is 774. The SMILES string of the molecule is CC(C)Oc1ccccc1NCCc1cccc2ccccc12. The van der Waals surface area contributed by atoms with E-state index in [9.17, 15) is 0 Å². The standard InChI is InChI=1S/C21H23NO/c1-16(2)23-21-13-6-5-12-20(21)22-15-14-18-10-7-9-17-8-3-4-11-19(17)18/h3-13,16,22H,14-15H2,1-2H3. The number of hydrogen-bond donors (Lipinski definition) is 1. The minimum atomic E-state index is 0.177. The molecule has 2 nitrogen and oxygen atoms in total. The lowest BCUT2D eigenvalue weighted by Crippen LogP contribution is -2.10. The zero-order valence-electron chi connectivity index (χ0n) is 13.8. The highest BCUT2D eigenvalue weighted by molar-refractivity contribution is 5.85. The summed E-state index contributed by atoms with van der Waals surface area (Å²) in [4.78, 5) is 0. The summed E-state index contributed by atoms with van der Waals surface area (Å²) in [6.45, 7) is 4.98. The lowest BCUT2D eigenvalue weighted by molar-refractivity contribution is 0.243. The van der Waals surface area contributed by atoms with Crippen LogP contribution < -0.4 is 10.1 Å². The normalized spacial score (nSPS) is 10.9. The molecule has 1 N–H and O–H groups in total. The van der Waals surface area contributed by atoms with Crippen LogP contribution in [-0.2, 0) is 6.42 Å². The van der Waals surface area contributed by atoms with Crippen molar-refractivity contribution >= 4 is 16.5 Å². The van der Waals surface area contributed by atoms with E-state index in [1.165, 1.54) is 16.3 Å². The van der Waals surface area contributed by atoms with Crippen LogP contribution in [0.25, 0.3) is 10.8 Å². The van der Waals surface area contributed by atoms with Gasteiger partial charge in [-0.05, 0) is 48.7 Å². The third kappa shape index (κ3) is 3.84. The molecule has 0 unspecified atom stereocenters. The van der Waals surface area contributed by atoms with Crippen molar-refractivity contribution in [3.63, 3.8) is 0 Å². The second-order valence-corrected chi connectivity index (χ2v) is 5.98. The molecular weight excluding hydrogens is 282 g/mol. The number of nitrogens with one attached hydrogen (secondary N) is 1. The van der Waals surface area contributed by atoms with Gasteiger partial charge in [0.2, 0.25) is 0 Å². The molecule has 0 spiro atoms. The summed E-state index contributed by atoms with van der Waals surface area (Å²) in [7, 11) is 0. The first-order valence-corrected chi connectivity index (χ1v) is 8.20. The highest BCUT2D eigenvalue weighted by atomic mass is 16.5. The van der Waals surface area contributed by atoms with E-state index in [1.54, 1.807) is 0 Å². The number of ether oxygens (including phenoxy) is 1. The number of rotatable bonds is 6. The molecule has 3 aromatic carbocycles. The van der Waals surface area contributed by atoms with Gasteiger partial charge in [0.05, 0.1) is 11.8 Å². The average Bonchev–Trinajstić information content (AvgIpc) is 2.56. The van der Waals surface area contributed by atoms with Crippen LogP contribution in [0.2, 0.25) is 0 Å². The van der Waals surface area contributed by atoms with Crippen LogP contribution in [0.4, 0.5) is 5.69 Å². The molecule has 0 atom stereocenters. The van der Waals surface area contributed by atoms with Crippen LogP contribution in [-0.4, -0.2) is 12.6 Å². The Balaban J connectivity index is 1.70. The fourth-order valence-electron chi connectivity index (χ4n) is 2.81. The molecule has 0 aromatic heterocycles. The van der Waals surface area contributed by atoms with E-state index in [2.05, 4.69) is 53.8 Å². The van der Waals surface area contributed by atoms with E-state index in [1.807, 2.05) is 32.0 Å². The van der Waals surface area contributed by atoms with Crippen LogP contribution >= 0.6 is 0 Å². The lowest BCUT2D eigenvalue weighted by Gasteiger charge is -2.15. The van der Waals surface area contributed by atoms with Gasteiger partial charge in [-0.25, -0.2) is 0 Å². The van der Waals surface area contributed by atoms with E-state index < -0.39 is 0 Å². The smallest absolute Gasteiger partial charge is 0.142 e. The fraction of sp³-hybridized carbons (Fsp3) is 0.238. The minimum absolute atomic E-state index is 0.177. The molecular formula is C21H23NO. The molecule has 0 fully saturated rings. The van der Waals surface area contributed by atoms with Gasteiger partial charge in [-0.2, -0.15) is 0 Å². The van der Waals surface area contributed by atoms with E-state index in [4.69, 9.17) is 4.74 Å². The maximum atomic E-state index is 5.86. The highest BCUT2D eigenvalue weighted by Gasteiger charge is 2.05. The first kappa shape index (κ1) is 15.4. The van der Waals surface area contributed by atoms with Crippen molar-refractivity contribution < 1.29 is 4.74 Å². The van der Waals surface area contributed by atoms with Crippen LogP contribution in [0.1, 0.15) is 19.4 Å². The van der Waals surface area contributed by atoms with Gasteiger partial charge in [-0.15, -0.1) is 0 Å². The van der Waals surface area contributed by atoms with Gasteiger partial charge >= 0.3 is 0 Å². The van der Waals surface area contributed by atoms with Crippen molar-refractivity contribution in [2.45, 2.75) is 26.4 Å². The third-order valence-corrected chi connectivity index (χ3v) is 3.84. The minimum Gasteiger partial charge on any atom is -0.489 e. The number of para-hydroxylation sites is 2. The molecule has 0 amide bonds. The molecule has 0 bridgehead atoms. The van der Waals surface area contributed by atoms with E-state index in [-0.39, 0.29) is 6.10 Å². The molecule has 0 saturated heterocycles. The van der Waals surface area contributed by atoms with Crippen LogP contribution in [0.15, 0.2) is 66.7 Å². The van der Waals surface area contributed by atoms with Gasteiger partial charge < -0.3 is 10.1 Å². The monoisotopic (exact) mass is 305 g/mol. The second kappa shape index (κ2) is 7.19. The molecule has 0 aliphatic heterocycles. The summed E-state index contributed by atoms with van der Waals surface area (Å²) in [5.41, 5.74) is 2.43. The maximum Gasteiger partial charge on any atom is 0.142 e. The van der Waals surface area contributed by atoms with E-state index in [0.29, 0.717) is 0 Å². The molecule has 23 heavy (non-hydrogen) atoms. The Labute approximate surface area is 138 Å². The van der Waals surface area contributed by atoms with Crippen molar-refractivity contribution in [2.75, 3.05) is 11.9 Å². The summed E-state index contributed by atoms with van der Waals surface area (Å²) in [6.07, 6.45) is 1.16. The first-order valence-electron chi connectivity index (χ1n) is 8.20. The predicted octanol–water partition coefficient (Wildman–Crippen LogP) is 5.28. The highest BCUT2D eigenvalue weighted by Crippen LogP contribution is 2.25. The number of fused-ring (bicyclic) bond motifs is 1. The Morgan fingerprint density at radius 2 is 1.61 bits per heavy atom. The van der Waals surface area contributed by atoms with Gasteiger partial charge in [0, 0.05) is 6.54 Å². The number of benzene rings is 3. The summed E-state index contributed by atoms with van der Waals surface area (Å²) >= 11 is 0. The second-order valence-electron chi connectivity index (χ2n) is 5.98. The van der Waals surface area contributed by atoms with Crippen molar-refractivity contribution in [1.29, 1.82) is 0 Å². The van der Waals surface area contributed by atoms with Gasteiger partial charge in [-0.1, -0.05) is 54.6 Å². The van der Waals surface area contributed by atoms with E-state index in [0.717, 1.165) is 24.4 Å². The van der Waals surface area contributed by atoms with Crippen LogP contribution in [0.3, 0.4) is 0 Å². The predicted molar refractivity (Wildman–Crippen MR) is 98.3 cm³/mol. The largest absolute Gasteiger partial charge is 0.489 e. The lowest BCUT2D eigenvalue weighted by atomic mass is 10.0. The number of hydrogen-bond acceptors (Lipinski definition) is 2. The summed E-state index contributed by atoms with van der Waals surface area (Å²) in [5.74, 6) is 0.917. The molecule has 3 aromatic rings. The van der Waals surface area contributed by atoms with Crippen LogP contribution in [0, 0.1) is 0 Å². The summed E-state index contributed by atoms with van der Waals surface area (Å²) in [6, 6.07) is 23.2. The number of anilines is 1. The topological polar surface area (TPSA) is 21.3 Å². The average molecular weight is 305 g/mol. The molecule has 0 aliphatic carbocycles. The Hall–Kier alpha value is -2.48. The van der Waals surface area contributed by atoms with Crippen molar-refractivity contribution in [2.24, 2.45) is 0 Å². The third-order valence-electron chi connectivity index (χ3n) is 3.84. The zero-order chi connectivity index (χ0) is 16.1. The van der Waals surface area contributed by atoms with Gasteiger partial charge in [0.25, 0.3) is 0 Å². The summed E-state index contributed by atoms with van der Waals surface area (Å²) in [5, 5.41) is 6.14. The fourth-order valence-corrected chi connectivity index (χ4v) is 2.81. The quantitative estimate of drug-likeness (QED) is 0.669. The molecule has 0 saturated carbocycles. The maximum absolute atomic E-state index is 5.86. The molecule has 3 rings (SSSR count). The van der Waals surface area contributed by atoms with Gasteiger partial charge in [0.1, 0.15) is 5.75 Å². The van der Waals surface area contributed by atoms with Crippen LogP contribution in [0.5, 0.6) is 5.75 Å². The van der Waals surface area contributed by atoms with Crippen molar-refractivity contribution in [3.8, 4) is 5.75 Å². The van der Waals surface area contributed by atoms with Gasteiger partial charge in [-0.3, -0.25) is 0 Å². The zero-order valence-corrected chi connectivity index (χ0v) is 13.8.